The molecule has 1 aromatic heterocycles. The Kier molecular flexibility index (Phi) is 3.39. The number of hydrogen-bond donors (Lipinski definition) is 1. The number of anilines is 1. The third kappa shape index (κ3) is 2.82. The van der Waals surface area contributed by atoms with Crippen LogP contribution in [-0.4, -0.2) is 5.97 Å². The van der Waals surface area contributed by atoms with Crippen molar-refractivity contribution >= 4 is 23.0 Å². The van der Waals surface area contributed by atoms with Crippen molar-refractivity contribution in [3.05, 3.63) is 52.5 Å². The molecule has 2 aromatic rings. The monoisotopic (exact) mass is 250 g/mol. The van der Waals surface area contributed by atoms with Crippen molar-refractivity contribution < 1.29 is 14.3 Å². The summed E-state index contributed by atoms with van der Waals surface area (Å²) in [6.07, 6.45) is 0. The predicted molar refractivity (Wildman–Crippen MR) is 62.1 cm³/mol. The van der Waals surface area contributed by atoms with Gasteiger partial charge < -0.3 is 15.2 Å². The van der Waals surface area contributed by atoms with Crippen molar-refractivity contribution in [2.45, 2.75) is 6.04 Å². The first kappa shape index (κ1) is 11.6. The molecule has 0 spiro atoms. The van der Waals surface area contributed by atoms with E-state index in [0.717, 1.165) is 0 Å². The molecule has 0 amide bonds. The fraction of sp³-hybridized carbons (Fsp3) is 0.0833. The fourth-order valence-corrected chi connectivity index (χ4v) is 2.18. The molecule has 0 saturated heterocycles. The number of aliphatic carboxylic acids is 1. The van der Waals surface area contributed by atoms with Gasteiger partial charge >= 0.3 is 0 Å². The Hall–Kier alpha value is -1.88. The molecule has 1 atom stereocenters. The van der Waals surface area contributed by atoms with Crippen LogP contribution in [0.3, 0.4) is 0 Å². The van der Waals surface area contributed by atoms with E-state index in [1.807, 2.05) is 0 Å². The number of nitrogens with one attached hydrogen (secondary N) is 1. The maximum Gasteiger partial charge on any atom is 0.123 e. The first-order valence-corrected chi connectivity index (χ1v) is 5.81. The second kappa shape index (κ2) is 4.97. The zero-order valence-corrected chi connectivity index (χ0v) is 9.54. The third-order valence-electron chi connectivity index (χ3n) is 2.22. The van der Waals surface area contributed by atoms with E-state index in [0.29, 0.717) is 10.6 Å². The van der Waals surface area contributed by atoms with Gasteiger partial charge in [0.15, 0.2) is 0 Å². The normalized spacial score (nSPS) is 12.1. The number of carboxylic acid groups (broad SMARTS) is 1. The summed E-state index contributed by atoms with van der Waals surface area (Å²) < 4.78 is 12.7. The van der Waals surface area contributed by atoms with Crippen LogP contribution in [0.2, 0.25) is 0 Å². The number of thiophene rings is 1. The molecule has 1 aromatic carbocycles. The van der Waals surface area contributed by atoms with Crippen molar-refractivity contribution in [1.29, 1.82) is 0 Å². The molecule has 2 rings (SSSR count). The molecule has 0 bridgehead atoms. The van der Waals surface area contributed by atoms with Gasteiger partial charge in [0.05, 0.1) is 5.97 Å². The third-order valence-corrected chi connectivity index (χ3v) is 3.16. The molecule has 0 aliphatic rings. The molecule has 0 aliphatic heterocycles. The first-order valence-electron chi connectivity index (χ1n) is 4.93. The molecule has 88 valence electrons. The summed E-state index contributed by atoms with van der Waals surface area (Å²) in [4.78, 5) is 11.7. The van der Waals surface area contributed by atoms with Gasteiger partial charge in [0.2, 0.25) is 0 Å². The lowest BCUT2D eigenvalue weighted by molar-refractivity contribution is -0.307. The summed E-state index contributed by atoms with van der Waals surface area (Å²) in [7, 11) is 0. The zero-order valence-electron chi connectivity index (χ0n) is 8.72. The van der Waals surface area contributed by atoms with Crippen LogP contribution in [-0.2, 0) is 4.79 Å². The lowest BCUT2D eigenvalue weighted by Crippen LogP contribution is -2.33. The molecule has 0 aliphatic carbocycles. The molecule has 1 heterocycles. The van der Waals surface area contributed by atoms with Crippen molar-refractivity contribution in [2.24, 2.45) is 0 Å². The summed E-state index contributed by atoms with van der Waals surface area (Å²) in [5, 5.41) is 15.6. The first-order chi connectivity index (χ1) is 8.16. The molecule has 0 unspecified atom stereocenters. The number of carboxylic acids is 1. The average Bonchev–Trinajstić information content (AvgIpc) is 2.81. The highest BCUT2D eigenvalue weighted by atomic mass is 32.1. The Balaban J connectivity index is 2.19. The van der Waals surface area contributed by atoms with E-state index in [1.165, 1.54) is 35.6 Å². The van der Waals surface area contributed by atoms with Crippen LogP contribution in [0, 0.1) is 5.82 Å². The van der Waals surface area contributed by atoms with Gasteiger partial charge in [0.1, 0.15) is 11.9 Å². The summed E-state index contributed by atoms with van der Waals surface area (Å²) in [5.41, 5.74) is 0.536. The van der Waals surface area contributed by atoms with Gasteiger partial charge in [-0.2, -0.15) is 0 Å². The number of carbonyl (C=O) groups is 1. The van der Waals surface area contributed by atoms with E-state index in [9.17, 15) is 14.3 Å². The molecule has 5 heteroatoms. The van der Waals surface area contributed by atoms with Crippen molar-refractivity contribution in [3.63, 3.8) is 0 Å². The van der Waals surface area contributed by atoms with Crippen molar-refractivity contribution in [1.82, 2.24) is 0 Å². The number of benzene rings is 1. The Bertz CT molecular complexity index is 496. The highest BCUT2D eigenvalue weighted by molar-refractivity contribution is 7.10. The zero-order chi connectivity index (χ0) is 12.3. The summed E-state index contributed by atoms with van der Waals surface area (Å²) >= 11 is 1.32. The average molecular weight is 250 g/mol. The highest BCUT2D eigenvalue weighted by Gasteiger charge is 2.13. The number of halogens is 1. The van der Waals surface area contributed by atoms with Crippen molar-refractivity contribution in [3.8, 4) is 0 Å². The van der Waals surface area contributed by atoms with E-state index in [4.69, 9.17) is 0 Å². The van der Waals surface area contributed by atoms with E-state index >= 15 is 0 Å². The Morgan fingerprint density at radius 3 is 2.53 bits per heavy atom. The van der Waals surface area contributed by atoms with Gasteiger partial charge in [-0.3, -0.25) is 0 Å². The number of rotatable bonds is 4. The molecule has 17 heavy (non-hydrogen) atoms. The molecule has 0 saturated carbocycles. The maximum absolute atomic E-state index is 12.7. The summed E-state index contributed by atoms with van der Waals surface area (Å²) in [5.74, 6) is -1.58. The van der Waals surface area contributed by atoms with E-state index < -0.39 is 12.0 Å². The molecule has 0 radical (unpaired) electrons. The van der Waals surface area contributed by atoms with Gasteiger partial charge in [-0.05, 0) is 35.7 Å². The minimum Gasteiger partial charge on any atom is -0.547 e. The van der Waals surface area contributed by atoms with Crippen LogP contribution in [0.4, 0.5) is 10.1 Å². The predicted octanol–water partition coefficient (Wildman–Crippen LogP) is 1.79. The highest BCUT2D eigenvalue weighted by Crippen LogP contribution is 2.23. The minimum absolute atomic E-state index is 0.364. The van der Waals surface area contributed by atoms with Crippen LogP contribution in [0.1, 0.15) is 10.9 Å². The van der Waals surface area contributed by atoms with E-state index in [2.05, 4.69) is 5.32 Å². The minimum atomic E-state index is -1.21. The van der Waals surface area contributed by atoms with Crippen LogP contribution in [0.5, 0.6) is 0 Å². The second-order valence-electron chi connectivity index (χ2n) is 3.42. The van der Waals surface area contributed by atoms with Gasteiger partial charge in [0.25, 0.3) is 0 Å². The van der Waals surface area contributed by atoms with Crippen LogP contribution in [0.15, 0.2) is 41.8 Å². The molecule has 0 fully saturated rings. The Morgan fingerprint density at radius 1 is 1.29 bits per heavy atom. The van der Waals surface area contributed by atoms with E-state index in [-0.39, 0.29) is 5.82 Å². The van der Waals surface area contributed by atoms with Crippen LogP contribution >= 0.6 is 11.3 Å². The van der Waals surface area contributed by atoms with Gasteiger partial charge in [0, 0.05) is 10.6 Å². The number of hydrogen-bond acceptors (Lipinski definition) is 4. The molecule has 3 nitrogen and oxygen atoms in total. The van der Waals surface area contributed by atoms with Crippen LogP contribution in [0.25, 0.3) is 0 Å². The van der Waals surface area contributed by atoms with Gasteiger partial charge in [-0.1, -0.05) is 6.07 Å². The second-order valence-corrected chi connectivity index (χ2v) is 4.40. The Labute approximate surface area is 102 Å². The Morgan fingerprint density at radius 2 is 2.00 bits per heavy atom. The quantitative estimate of drug-likeness (QED) is 0.900. The lowest BCUT2D eigenvalue weighted by Gasteiger charge is -2.19. The van der Waals surface area contributed by atoms with Crippen molar-refractivity contribution in [2.75, 3.05) is 5.32 Å². The SMILES string of the molecule is O=C([O-])[C@H](Nc1ccc(F)cc1)c1cccs1. The summed E-state index contributed by atoms with van der Waals surface area (Å²) in [6, 6.07) is 8.06. The lowest BCUT2D eigenvalue weighted by atomic mass is 10.2. The topological polar surface area (TPSA) is 52.2 Å². The fourth-order valence-electron chi connectivity index (χ4n) is 1.41. The molecule has 1 N–H and O–H groups in total. The summed E-state index contributed by atoms with van der Waals surface area (Å²) in [6.45, 7) is 0. The molecular weight excluding hydrogens is 241 g/mol. The number of carbonyl (C=O) groups excluding carboxylic acids is 1. The van der Waals surface area contributed by atoms with Gasteiger partial charge in [-0.15, -0.1) is 11.3 Å². The standard InChI is InChI=1S/C12H10FNO2S/c13-8-3-5-9(6-4-8)14-11(12(15)16)10-2-1-7-17-10/h1-7,11,14H,(H,15,16)/p-1/t11-/m1/s1. The molecular formula is C12H9FNO2S-. The van der Waals surface area contributed by atoms with Crippen LogP contribution < -0.4 is 10.4 Å². The maximum atomic E-state index is 12.7. The smallest absolute Gasteiger partial charge is 0.123 e. The van der Waals surface area contributed by atoms with E-state index in [1.54, 1.807) is 17.5 Å². The van der Waals surface area contributed by atoms with Gasteiger partial charge in [-0.25, -0.2) is 4.39 Å². The largest absolute Gasteiger partial charge is 0.547 e.